The average molecular weight is 396 g/mol. The van der Waals surface area contributed by atoms with Gasteiger partial charge in [-0.2, -0.15) is 0 Å². The van der Waals surface area contributed by atoms with Gasteiger partial charge in [0.25, 0.3) is 0 Å². The van der Waals surface area contributed by atoms with Crippen molar-refractivity contribution < 1.29 is 4.79 Å². The molecule has 1 unspecified atom stereocenters. The first-order valence-electron chi connectivity index (χ1n) is 8.42. The second-order valence-electron chi connectivity index (χ2n) is 6.18. The van der Waals surface area contributed by atoms with E-state index in [-0.39, 0.29) is 30.7 Å². The Kier molecular flexibility index (Phi) is 11.2. The molecule has 0 saturated carbocycles. The van der Waals surface area contributed by atoms with Crippen LogP contribution < -0.4 is 11.1 Å². The molecule has 1 aliphatic rings. The molecule has 1 aromatic rings. The number of carbonyl (C=O) groups is 1. The lowest BCUT2D eigenvalue weighted by Gasteiger charge is -2.31. The normalized spacial score (nSPS) is 16.1. The molecule has 3 N–H and O–H groups in total. The number of carbonyl (C=O) groups excluding carboxylic acids is 1. The number of hydrogen-bond acceptors (Lipinski definition) is 4. The van der Waals surface area contributed by atoms with Crippen LogP contribution in [0.5, 0.6) is 0 Å². The number of hydrogen-bond donors (Lipinski definition) is 2. The summed E-state index contributed by atoms with van der Waals surface area (Å²) in [5.74, 6) is 0.112. The Hall–Kier alpha value is -0.330. The van der Waals surface area contributed by atoms with Crippen LogP contribution in [0.25, 0.3) is 0 Å². The number of rotatable bonds is 8. The molecule has 1 fully saturated rings. The first kappa shape index (κ1) is 23.7. The molecular formula is C17H31Cl2N3OS. The van der Waals surface area contributed by atoms with E-state index in [0.717, 1.165) is 25.9 Å². The minimum atomic E-state index is -0.412. The van der Waals surface area contributed by atoms with Gasteiger partial charge in [-0.1, -0.05) is 19.9 Å². The standard InChI is InChI=1S/C17H29N3OS.2ClH/c1-3-17(4-2,13-18)16(21)19-12-14(15-8-7-11-22-15)20-9-5-6-10-20;;/h7-8,11,14H,3-6,9-10,12-13,18H2,1-2H3,(H,19,21);2*1H. The van der Waals surface area contributed by atoms with Gasteiger partial charge in [-0.25, -0.2) is 0 Å². The predicted octanol–water partition coefficient (Wildman–Crippen LogP) is 3.61. The van der Waals surface area contributed by atoms with Gasteiger partial charge in [0.15, 0.2) is 0 Å². The SMILES string of the molecule is CCC(CC)(CN)C(=O)NCC(c1cccs1)N1CCCC1.Cl.Cl. The highest BCUT2D eigenvalue weighted by Crippen LogP contribution is 2.29. The lowest BCUT2D eigenvalue weighted by molar-refractivity contribution is -0.131. The van der Waals surface area contributed by atoms with Gasteiger partial charge >= 0.3 is 0 Å². The van der Waals surface area contributed by atoms with Crippen molar-refractivity contribution in [2.24, 2.45) is 11.1 Å². The maximum absolute atomic E-state index is 12.6. The van der Waals surface area contributed by atoms with Crippen LogP contribution in [0.15, 0.2) is 17.5 Å². The fourth-order valence-electron chi connectivity index (χ4n) is 3.27. The molecule has 140 valence electrons. The molecule has 1 aromatic heterocycles. The molecule has 24 heavy (non-hydrogen) atoms. The van der Waals surface area contributed by atoms with Crippen molar-refractivity contribution in [3.05, 3.63) is 22.4 Å². The quantitative estimate of drug-likeness (QED) is 0.706. The van der Waals surface area contributed by atoms with Crippen LogP contribution in [-0.4, -0.2) is 37.0 Å². The van der Waals surface area contributed by atoms with E-state index in [0.29, 0.717) is 19.1 Å². The smallest absolute Gasteiger partial charge is 0.227 e. The predicted molar refractivity (Wildman–Crippen MR) is 107 cm³/mol. The van der Waals surface area contributed by atoms with E-state index in [1.165, 1.54) is 17.7 Å². The molecule has 1 atom stereocenters. The zero-order chi connectivity index (χ0) is 16.0. The Morgan fingerprint density at radius 2 is 1.96 bits per heavy atom. The van der Waals surface area contributed by atoms with E-state index in [1.807, 2.05) is 13.8 Å². The Bertz CT molecular complexity index is 452. The van der Waals surface area contributed by atoms with E-state index in [2.05, 4.69) is 27.7 Å². The van der Waals surface area contributed by atoms with Gasteiger partial charge in [0.1, 0.15) is 0 Å². The first-order valence-corrected chi connectivity index (χ1v) is 9.30. The molecule has 0 bridgehead atoms. The maximum Gasteiger partial charge on any atom is 0.227 e. The summed E-state index contributed by atoms with van der Waals surface area (Å²) in [5, 5.41) is 5.30. The molecule has 7 heteroatoms. The highest BCUT2D eigenvalue weighted by atomic mass is 35.5. The molecule has 4 nitrogen and oxygen atoms in total. The monoisotopic (exact) mass is 395 g/mol. The fourth-order valence-corrected chi connectivity index (χ4v) is 4.13. The summed E-state index contributed by atoms with van der Waals surface area (Å²) in [6.07, 6.45) is 4.09. The molecule has 0 spiro atoms. The topological polar surface area (TPSA) is 58.4 Å². The van der Waals surface area contributed by atoms with Crippen molar-refractivity contribution in [1.82, 2.24) is 10.2 Å². The van der Waals surface area contributed by atoms with Gasteiger partial charge in [0, 0.05) is 18.0 Å². The van der Waals surface area contributed by atoms with Gasteiger partial charge in [-0.15, -0.1) is 36.2 Å². The lowest BCUT2D eigenvalue weighted by atomic mass is 9.81. The molecule has 2 rings (SSSR count). The van der Waals surface area contributed by atoms with Gasteiger partial charge in [0.2, 0.25) is 5.91 Å². The minimum absolute atomic E-state index is 0. The number of likely N-dealkylation sites (tertiary alicyclic amines) is 1. The number of thiophene rings is 1. The number of amides is 1. The van der Waals surface area contributed by atoms with Crippen LogP contribution in [0, 0.1) is 5.41 Å². The third-order valence-corrected chi connectivity index (χ3v) is 6.11. The summed E-state index contributed by atoms with van der Waals surface area (Å²) in [4.78, 5) is 16.5. The van der Waals surface area contributed by atoms with Crippen LogP contribution in [-0.2, 0) is 4.79 Å². The Morgan fingerprint density at radius 3 is 2.42 bits per heavy atom. The number of nitrogens with zero attached hydrogens (tertiary/aromatic N) is 1. The summed E-state index contributed by atoms with van der Waals surface area (Å²) in [5.41, 5.74) is 5.47. The summed E-state index contributed by atoms with van der Waals surface area (Å²) in [7, 11) is 0. The van der Waals surface area contributed by atoms with Crippen LogP contribution in [0.3, 0.4) is 0 Å². The molecule has 1 aliphatic heterocycles. The van der Waals surface area contributed by atoms with Crippen LogP contribution in [0.4, 0.5) is 0 Å². The largest absolute Gasteiger partial charge is 0.354 e. The average Bonchev–Trinajstić information content (AvgIpc) is 3.24. The molecule has 0 radical (unpaired) electrons. The molecule has 0 aromatic carbocycles. The van der Waals surface area contributed by atoms with E-state index >= 15 is 0 Å². The van der Waals surface area contributed by atoms with Gasteiger partial charge < -0.3 is 11.1 Å². The summed E-state index contributed by atoms with van der Waals surface area (Å²) in [6, 6.07) is 4.57. The van der Waals surface area contributed by atoms with Crippen molar-refractivity contribution in [3.8, 4) is 0 Å². The number of nitrogens with two attached hydrogens (primary N) is 1. The second kappa shape index (κ2) is 11.3. The molecular weight excluding hydrogens is 365 g/mol. The third-order valence-electron chi connectivity index (χ3n) is 5.13. The highest BCUT2D eigenvalue weighted by molar-refractivity contribution is 7.10. The fraction of sp³-hybridized carbons (Fsp3) is 0.706. The molecule has 0 aliphatic carbocycles. The summed E-state index contributed by atoms with van der Waals surface area (Å²) >= 11 is 1.78. The van der Waals surface area contributed by atoms with Crippen molar-refractivity contribution in [1.29, 1.82) is 0 Å². The second-order valence-corrected chi connectivity index (χ2v) is 7.16. The lowest BCUT2D eigenvalue weighted by Crippen LogP contribution is -2.47. The minimum Gasteiger partial charge on any atom is -0.354 e. The van der Waals surface area contributed by atoms with Crippen LogP contribution >= 0.6 is 36.2 Å². The Labute approximate surface area is 162 Å². The Balaban J connectivity index is 0.00000264. The van der Waals surface area contributed by atoms with E-state index in [4.69, 9.17) is 5.73 Å². The Morgan fingerprint density at radius 1 is 1.33 bits per heavy atom. The van der Waals surface area contributed by atoms with Crippen LogP contribution in [0.2, 0.25) is 0 Å². The van der Waals surface area contributed by atoms with Gasteiger partial charge in [-0.3, -0.25) is 9.69 Å². The van der Waals surface area contributed by atoms with Crippen molar-refractivity contribution in [2.45, 2.75) is 45.6 Å². The summed E-state index contributed by atoms with van der Waals surface area (Å²) in [6.45, 7) is 7.45. The van der Waals surface area contributed by atoms with Gasteiger partial charge in [-0.05, 0) is 50.2 Å². The number of halogens is 2. The zero-order valence-corrected chi connectivity index (χ0v) is 17.1. The first-order chi connectivity index (χ1) is 10.7. The molecule has 1 amide bonds. The third kappa shape index (κ3) is 5.33. The van der Waals surface area contributed by atoms with Gasteiger partial charge in [0.05, 0.1) is 11.5 Å². The van der Waals surface area contributed by atoms with Crippen molar-refractivity contribution in [2.75, 3.05) is 26.2 Å². The number of nitrogens with one attached hydrogen (secondary N) is 1. The zero-order valence-electron chi connectivity index (χ0n) is 14.6. The van der Waals surface area contributed by atoms with Crippen LogP contribution in [0.1, 0.15) is 50.4 Å². The molecule has 1 saturated heterocycles. The van der Waals surface area contributed by atoms with E-state index in [9.17, 15) is 4.79 Å². The van der Waals surface area contributed by atoms with Crippen molar-refractivity contribution >= 4 is 42.1 Å². The highest BCUT2D eigenvalue weighted by Gasteiger charge is 2.34. The molecule has 2 heterocycles. The summed E-state index contributed by atoms with van der Waals surface area (Å²) < 4.78 is 0. The maximum atomic E-state index is 12.6. The van der Waals surface area contributed by atoms with E-state index < -0.39 is 5.41 Å². The van der Waals surface area contributed by atoms with Crippen molar-refractivity contribution in [3.63, 3.8) is 0 Å². The van der Waals surface area contributed by atoms with E-state index in [1.54, 1.807) is 11.3 Å².